The normalized spacial score (nSPS) is 10.8. The van der Waals surface area contributed by atoms with Crippen LogP contribution in [0.2, 0.25) is 0 Å². The van der Waals surface area contributed by atoms with Crippen LogP contribution in [0.3, 0.4) is 0 Å². The van der Waals surface area contributed by atoms with Crippen LogP contribution in [0.15, 0.2) is 30.3 Å². The zero-order chi connectivity index (χ0) is 13.8. The lowest BCUT2D eigenvalue weighted by atomic mass is 10.2. The maximum Gasteiger partial charge on any atom is 0.134 e. The van der Waals surface area contributed by atoms with Crippen molar-refractivity contribution in [2.45, 2.75) is 32.6 Å². The molecule has 0 aliphatic heterocycles. The predicted molar refractivity (Wildman–Crippen MR) is 80.1 cm³/mol. The topological polar surface area (TPSA) is 37.8 Å². The Morgan fingerprint density at radius 2 is 1.95 bits per heavy atom. The molecule has 0 aliphatic carbocycles. The number of para-hydroxylation sites is 1. The van der Waals surface area contributed by atoms with Crippen LogP contribution >= 0.6 is 11.6 Å². The summed E-state index contributed by atoms with van der Waals surface area (Å²) >= 11 is 5.94. The highest BCUT2D eigenvalue weighted by Crippen LogP contribution is 2.22. The number of alkyl halides is 1. The van der Waals surface area contributed by atoms with E-state index in [-0.39, 0.29) is 0 Å². The summed E-state index contributed by atoms with van der Waals surface area (Å²) in [6, 6.07) is 9.91. The van der Waals surface area contributed by atoms with Crippen molar-refractivity contribution in [3.63, 3.8) is 0 Å². The number of halogens is 1. The van der Waals surface area contributed by atoms with E-state index < -0.39 is 0 Å². The third-order valence-corrected chi connectivity index (χ3v) is 3.10. The molecular formula is C15H18ClN3. The Bertz CT molecular complexity index is 567. The molecule has 1 heterocycles. The zero-order valence-electron chi connectivity index (χ0n) is 11.4. The molecule has 1 N–H and O–H groups in total. The first-order valence-corrected chi connectivity index (χ1v) is 6.90. The maximum absolute atomic E-state index is 5.94. The number of benzene rings is 1. The minimum atomic E-state index is 0.309. The number of rotatable bonds is 4. The molecule has 0 amide bonds. The second-order valence-electron chi connectivity index (χ2n) is 4.82. The van der Waals surface area contributed by atoms with Crippen molar-refractivity contribution in [2.75, 3.05) is 5.32 Å². The molecule has 0 atom stereocenters. The first kappa shape index (κ1) is 13.8. The van der Waals surface area contributed by atoms with E-state index in [0.717, 1.165) is 28.6 Å². The predicted octanol–water partition coefficient (Wildman–Crippen LogP) is 4.39. The van der Waals surface area contributed by atoms with Crippen LogP contribution in [-0.4, -0.2) is 9.97 Å². The molecule has 1 aromatic heterocycles. The summed E-state index contributed by atoms with van der Waals surface area (Å²) in [6.45, 7) is 6.16. The van der Waals surface area contributed by atoms with Gasteiger partial charge in [-0.3, -0.25) is 0 Å². The molecular weight excluding hydrogens is 258 g/mol. The number of aromatic nitrogens is 2. The van der Waals surface area contributed by atoms with Gasteiger partial charge in [0.25, 0.3) is 0 Å². The number of aryl methyl sites for hydroxylation is 1. The highest BCUT2D eigenvalue weighted by Gasteiger charge is 2.07. The van der Waals surface area contributed by atoms with Gasteiger partial charge in [0.15, 0.2) is 0 Å². The molecule has 0 radical (unpaired) electrons. The van der Waals surface area contributed by atoms with E-state index >= 15 is 0 Å². The Hall–Kier alpha value is -1.61. The van der Waals surface area contributed by atoms with Crippen LogP contribution in [0.4, 0.5) is 11.5 Å². The van der Waals surface area contributed by atoms with Gasteiger partial charge < -0.3 is 5.32 Å². The summed E-state index contributed by atoms with van der Waals surface area (Å²) in [4.78, 5) is 8.98. The van der Waals surface area contributed by atoms with Crippen LogP contribution in [0.1, 0.15) is 36.8 Å². The fourth-order valence-electron chi connectivity index (χ4n) is 1.81. The Balaban J connectivity index is 2.32. The van der Waals surface area contributed by atoms with Crippen LogP contribution in [-0.2, 0) is 5.88 Å². The summed E-state index contributed by atoms with van der Waals surface area (Å²) in [6.07, 6.45) is 0. The highest BCUT2D eigenvalue weighted by atomic mass is 35.5. The Morgan fingerprint density at radius 3 is 2.63 bits per heavy atom. The number of anilines is 2. The van der Waals surface area contributed by atoms with E-state index in [2.05, 4.69) is 29.1 Å². The number of hydrogen-bond donors (Lipinski definition) is 1. The molecule has 0 bridgehead atoms. The summed E-state index contributed by atoms with van der Waals surface area (Å²) in [5, 5.41) is 3.32. The molecule has 0 spiro atoms. The summed E-state index contributed by atoms with van der Waals surface area (Å²) < 4.78 is 0. The van der Waals surface area contributed by atoms with Crippen molar-refractivity contribution in [1.29, 1.82) is 0 Å². The third-order valence-electron chi connectivity index (χ3n) is 2.81. The molecule has 4 heteroatoms. The van der Waals surface area contributed by atoms with Crippen LogP contribution < -0.4 is 5.32 Å². The Labute approximate surface area is 119 Å². The standard InChI is InChI=1S/C15H18ClN3/c1-10(2)15-17-11(3)8-14(19-15)18-13-7-5-4-6-12(13)9-16/h4-8,10H,9H2,1-3H3,(H,17,18,19). The second-order valence-corrected chi connectivity index (χ2v) is 5.09. The molecule has 0 unspecified atom stereocenters. The van der Waals surface area contributed by atoms with Crippen molar-refractivity contribution in [3.8, 4) is 0 Å². The van der Waals surface area contributed by atoms with Gasteiger partial charge in [0.2, 0.25) is 0 Å². The third kappa shape index (κ3) is 3.44. The van der Waals surface area contributed by atoms with Gasteiger partial charge >= 0.3 is 0 Å². The van der Waals surface area contributed by atoms with E-state index in [4.69, 9.17) is 11.6 Å². The van der Waals surface area contributed by atoms with Gasteiger partial charge in [-0.05, 0) is 18.6 Å². The lowest BCUT2D eigenvalue weighted by molar-refractivity contribution is 0.768. The van der Waals surface area contributed by atoms with E-state index in [1.165, 1.54) is 0 Å². The molecule has 19 heavy (non-hydrogen) atoms. The molecule has 0 fully saturated rings. The molecule has 100 valence electrons. The molecule has 2 rings (SSSR count). The van der Waals surface area contributed by atoms with Gasteiger partial charge in [-0.2, -0.15) is 0 Å². The molecule has 0 saturated heterocycles. The van der Waals surface area contributed by atoms with Crippen LogP contribution in [0, 0.1) is 6.92 Å². The fourth-order valence-corrected chi connectivity index (χ4v) is 2.04. The monoisotopic (exact) mass is 275 g/mol. The minimum Gasteiger partial charge on any atom is -0.340 e. The van der Waals surface area contributed by atoms with Crippen molar-refractivity contribution < 1.29 is 0 Å². The summed E-state index contributed by atoms with van der Waals surface area (Å²) in [5.74, 6) is 2.45. The first-order valence-electron chi connectivity index (χ1n) is 6.36. The number of nitrogens with zero attached hydrogens (tertiary/aromatic N) is 2. The van der Waals surface area contributed by atoms with Crippen molar-refractivity contribution in [2.24, 2.45) is 0 Å². The van der Waals surface area contributed by atoms with Gasteiger partial charge in [0, 0.05) is 29.2 Å². The largest absolute Gasteiger partial charge is 0.340 e. The average Bonchev–Trinajstić information content (AvgIpc) is 2.38. The highest BCUT2D eigenvalue weighted by molar-refractivity contribution is 6.17. The van der Waals surface area contributed by atoms with Gasteiger partial charge in [0.1, 0.15) is 11.6 Å². The fraction of sp³-hybridized carbons (Fsp3) is 0.333. The number of hydrogen-bond acceptors (Lipinski definition) is 3. The molecule has 2 aromatic rings. The smallest absolute Gasteiger partial charge is 0.134 e. The average molecular weight is 276 g/mol. The lowest BCUT2D eigenvalue weighted by Gasteiger charge is -2.12. The number of nitrogens with one attached hydrogen (secondary N) is 1. The maximum atomic E-state index is 5.94. The Morgan fingerprint density at radius 1 is 1.21 bits per heavy atom. The zero-order valence-corrected chi connectivity index (χ0v) is 12.2. The Kier molecular flexibility index (Phi) is 4.38. The van der Waals surface area contributed by atoms with Crippen LogP contribution in [0.25, 0.3) is 0 Å². The summed E-state index contributed by atoms with van der Waals surface area (Å²) in [5.41, 5.74) is 3.02. The SMILES string of the molecule is Cc1cc(Nc2ccccc2CCl)nc(C(C)C)n1. The van der Waals surface area contributed by atoms with E-state index in [1.807, 2.05) is 37.3 Å². The molecule has 3 nitrogen and oxygen atoms in total. The van der Waals surface area contributed by atoms with Gasteiger partial charge in [-0.25, -0.2) is 9.97 Å². The minimum absolute atomic E-state index is 0.309. The lowest BCUT2D eigenvalue weighted by Crippen LogP contribution is -2.04. The van der Waals surface area contributed by atoms with E-state index in [0.29, 0.717) is 11.8 Å². The summed E-state index contributed by atoms with van der Waals surface area (Å²) in [7, 11) is 0. The second kappa shape index (κ2) is 6.02. The van der Waals surface area contributed by atoms with Gasteiger partial charge in [0.05, 0.1) is 0 Å². The van der Waals surface area contributed by atoms with Crippen molar-refractivity contribution >= 4 is 23.1 Å². The van der Waals surface area contributed by atoms with E-state index in [9.17, 15) is 0 Å². The molecule has 0 saturated carbocycles. The van der Waals surface area contributed by atoms with E-state index in [1.54, 1.807) is 0 Å². The van der Waals surface area contributed by atoms with Gasteiger partial charge in [-0.1, -0.05) is 32.0 Å². The molecule has 1 aromatic carbocycles. The first-order chi connectivity index (χ1) is 9.10. The van der Waals surface area contributed by atoms with Crippen molar-refractivity contribution in [3.05, 3.63) is 47.4 Å². The quantitative estimate of drug-likeness (QED) is 0.841. The van der Waals surface area contributed by atoms with Crippen molar-refractivity contribution in [1.82, 2.24) is 9.97 Å². The van der Waals surface area contributed by atoms with Gasteiger partial charge in [-0.15, -0.1) is 11.6 Å². The van der Waals surface area contributed by atoms with Crippen LogP contribution in [0.5, 0.6) is 0 Å². The molecule has 0 aliphatic rings.